The molecular formula is C11H12BrNO5. The maximum atomic E-state index is 11.7. The van der Waals surface area contributed by atoms with E-state index in [1.807, 2.05) is 0 Å². The Morgan fingerprint density at radius 2 is 2.06 bits per heavy atom. The molecule has 0 aromatic heterocycles. The lowest BCUT2D eigenvalue weighted by Crippen LogP contribution is -2.41. The minimum atomic E-state index is -1.22. The van der Waals surface area contributed by atoms with E-state index in [1.165, 1.54) is 18.2 Å². The van der Waals surface area contributed by atoms with E-state index in [9.17, 15) is 14.7 Å². The largest absolute Gasteiger partial charge is 0.507 e. The van der Waals surface area contributed by atoms with Gasteiger partial charge in [0.15, 0.2) is 0 Å². The third-order valence-electron chi connectivity index (χ3n) is 2.23. The molecule has 98 valence electrons. The summed E-state index contributed by atoms with van der Waals surface area (Å²) in [5, 5.41) is 29.2. The fraction of sp³-hybridized carbons (Fsp3) is 0.273. The number of carbonyl (C=O) groups is 2. The topological polar surface area (TPSA) is 107 Å². The first-order chi connectivity index (χ1) is 8.45. The number of aliphatic hydroxyl groups excluding tert-OH is 1. The van der Waals surface area contributed by atoms with Crippen molar-refractivity contribution < 1.29 is 24.9 Å². The molecule has 1 rings (SSSR count). The zero-order valence-electron chi connectivity index (χ0n) is 9.26. The monoisotopic (exact) mass is 317 g/mol. The SMILES string of the molecule is O=C(NC(CCO)C(=O)O)c1ccc(Br)c(O)c1. The number of aliphatic carboxylic acids is 1. The van der Waals surface area contributed by atoms with Crippen molar-refractivity contribution in [2.45, 2.75) is 12.5 Å². The quantitative estimate of drug-likeness (QED) is 0.640. The molecule has 0 aliphatic heterocycles. The molecule has 0 saturated heterocycles. The third kappa shape index (κ3) is 3.71. The second kappa shape index (κ2) is 6.36. The van der Waals surface area contributed by atoms with Gasteiger partial charge in [0.25, 0.3) is 5.91 Å². The van der Waals surface area contributed by atoms with Crippen molar-refractivity contribution in [3.05, 3.63) is 28.2 Å². The van der Waals surface area contributed by atoms with Gasteiger partial charge in [0.05, 0.1) is 4.47 Å². The molecule has 7 heteroatoms. The molecule has 18 heavy (non-hydrogen) atoms. The molecule has 1 atom stereocenters. The number of hydrogen-bond acceptors (Lipinski definition) is 4. The Bertz CT molecular complexity index is 463. The molecule has 1 amide bonds. The van der Waals surface area contributed by atoms with Crippen LogP contribution < -0.4 is 5.32 Å². The van der Waals surface area contributed by atoms with Crippen LogP contribution in [0, 0.1) is 0 Å². The summed E-state index contributed by atoms with van der Waals surface area (Å²) in [7, 11) is 0. The number of rotatable bonds is 5. The Morgan fingerprint density at radius 1 is 1.39 bits per heavy atom. The van der Waals surface area contributed by atoms with Crippen LogP contribution in [-0.4, -0.2) is 39.8 Å². The van der Waals surface area contributed by atoms with Crippen LogP contribution in [0.4, 0.5) is 0 Å². The van der Waals surface area contributed by atoms with Crippen molar-refractivity contribution in [3.8, 4) is 5.75 Å². The number of benzene rings is 1. The van der Waals surface area contributed by atoms with Crippen LogP contribution in [0.5, 0.6) is 5.75 Å². The van der Waals surface area contributed by atoms with Gasteiger partial charge in [-0.2, -0.15) is 0 Å². The second-order valence-corrected chi connectivity index (χ2v) is 4.40. The number of aliphatic hydroxyl groups is 1. The maximum Gasteiger partial charge on any atom is 0.326 e. The lowest BCUT2D eigenvalue weighted by molar-refractivity contribution is -0.139. The molecule has 0 aliphatic carbocycles. The van der Waals surface area contributed by atoms with E-state index in [4.69, 9.17) is 10.2 Å². The lowest BCUT2D eigenvalue weighted by Gasteiger charge is -2.13. The first-order valence-corrected chi connectivity index (χ1v) is 5.88. The van der Waals surface area contributed by atoms with Crippen LogP contribution in [0.1, 0.15) is 16.8 Å². The van der Waals surface area contributed by atoms with Gasteiger partial charge in [-0.05, 0) is 34.1 Å². The number of carbonyl (C=O) groups excluding carboxylic acids is 1. The van der Waals surface area contributed by atoms with Gasteiger partial charge >= 0.3 is 5.97 Å². The number of halogens is 1. The van der Waals surface area contributed by atoms with E-state index in [-0.39, 0.29) is 24.3 Å². The standard InChI is InChI=1S/C11H12BrNO5/c12-7-2-1-6(5-9(7)15)10(16)13-8(3-4-14)11(17)18/h1-2,5,8,14-15H,3-4H2,(H,13,16)(H,17,18). The van der Waals surface area contributed by atoms with Crippen LogP contribution in [-0.2, 0) is 4.79 Å². The Morgan fingerprint density at radius 3 is 2.56 bits per heavy atom. The number of nitrogens with one attached hydrogen (secondary N) is 1. The van der Waals surface area contributed by atoms with Gasteiger partial charge < -0.3 is 20.6 Å². The van der Waals surface area contributed by atoms with E-state index in [2.05, 4.69) is 21.2 Å². The molecule has 0 aliphatic rings. The van der Waals surface area contributed by atoms with E-state index in [0.29, 0.717) is 4.47 Å². The van der Waals surface area contributed by atoms with Crippen molar-refractivity contribution >= 4 is 27.8 Å². The summed E-state index contributed by atoms with van der Waals surface area (Å²) in [5.41, 5.74) is 0.139. The van der Waals surface area contributed by atoms with Gasteiger partial charge in [-0.15, -0.1) is 0 Å². The number of phenolic OH excluding ortho intramolecular Hbond substituents is 1. The Balaban J connectivity index is 2.80. The van der Waals surface area contributed by atoms with Crippen molar-refractivity contribution in [3.63, 3.8) is 0 Å². The highest BCUT2D eigenvalue weighted by Crippen LogP contribution is 2.24. The summed E-state index contributed by atoms with van der Waals surface area (Å²) in [6.45, 7) is -0.344. The van der Waals surface area contributed by atoms with Gasteiger partial charge in [0.2, 0.25) is 0 Å². The van der Waals surface area contributed by atoms with Crippen LogP contribution in [0.25, 0.3) is 0 Å². The zero-order chi connectivity index (χ0) is 13.7. The van der Waals surface area contributed by atoms with E-state index < -0.39 is 17.9 Å². The fourth-order valence-corrected chi connectivity index (χ4v) is 1.53. The summed E-state index contributed by atoms with van der Waals surface area (Å²) in [4.78, 5) is 22.5. The molecule has 6 nitrogen and oxygen atoms in total. The summed E-state index contributed by atoms with van der Waals surface area (Å²) in [6.07, 6.45) is -0.0798. The molecule has 0 saturated carbocycles. The molecule has 0 radical (unpaired) electrons. The Hall–Kier alpha value is -1.60. The Kier molecular flexibility index (Phi) is 5.11. The molecule has 0 heterocycles. The maximum absolute atomic E-state index is 11.7. The third-order valence-corrected chi connectivity index (χ3v) is 2.90. The second-order valence-electron chi connectivity index (χ2n) is 3.54. The number of phenols is 1. The highest BCUT2D eigenvalue weighted by Gasteiger charge is 2.20. The van der Waals surface area contributed by atoms with Crippen LogP contribution >= 0.6 is 15.9 Å². The normalized spacial score (nSPS) is 11.9. The van der Waals surface area contributed by atoms with Crippen molar-refractivity contribution in [2.24, 2.45) is 0 Å². The van der Waals surface area contributed by atoms with Gasteiger partial charge in [-0.1, -0.05) is 0 Å². The highest BCUT2D eigenvalue weighted by atomic mass is 79.9. The average Bonchev–Trinajstić information content (AvgIpc) is 2.31. The smallest absolute Gasteiger partial charge is 0.326 e. The molecule has 1 aromatic carbocycles. The summed E-state index contributed by atoms with van der Waals surface area (Å²) in [5.74, 6) is -1.96. The van der Waals surface area contributed by atoms with Gasteiger partial charge in [0, 0.05) is 18.6 Å². The zero-order valence-corrected chi connectivity index (χ0v) is 10.8. The summed E-state index contributed by atoms with van der Waals surface area (Å²) < 4.78 is 0.434. The minimum absolute atomic E-state index is 0.0798. The molecule has 0 bridgehead atoms. The molecule has 1 unspecified atom stereocenters. The van der Waals surface area contributed by atoms with Crippen molar-refractivity contribution in [1.29, 1.82) is 0 Å². The molecule has 4 N–H and O–H groups in total. The van der Waals surface area contributed by atoms with E-state index >= 15 is 0 Å². The van der Waals surface area contributed by atoms with Crippen LogP contribution in [0.2, 0.25) is 0 Å². The molecular weight excluding hydrogens is 306 g/mol. The first kappa shape index (κ1) is 14.5. The molecule has 0 fully saturated rings. The number of hydrogen-bond donors (Lipinski definition) is 4. The lowest BCUT2D eigenvalue weighted by atomic mass is 10.1. The molecule has 1 aromatic rings. The number of amides is 1. The predicted octanol–water partition coefficient (Wildman–Crippen LogP) is 0.720. The van der Waals surface area contributed by atoms with Crippen LogP contribution in [0.15, 0.2) is 22.7 Å². The fourth-order valence-electron chi connectivity index (χ4n) is 1.28. The number of carboxylic acids is 1. The first-order valence-electron chi connectivity index (χ1n) is 5.08. The predicted molar refractivity (Wildman–Crippen MR) is 66.4 cm³/mol. The number of aromatic hydroxyl groups is 1. The van der Waals surface area contributed by atoms with Gasteiger partial charge in [-0.3, -0.25) is 4.79 Å². The highest BCUT2D eigenvalue weighted by molar-refractivity contribution is 9.10. The summed E-state index contributed by atoms with van der Waals surface area (Å²) in [6, 6.07) is 2.98. The molecule has 0 spiro atoms. The van der Waals surface area contributed by atoms with Crippen molar-refractivity contribution in [2.75, 3.05) is 6.61 Å². The van der Waals surface area contributed by atoms with E-state index in [0.717, 1.165) is 0 Å². The average molecular weight is 318 g/mol. The minimum Gasteiger partial charge on any atom is -0.507 e. The van der Waals surface area contributed by atoms with Crippen molar-refractivity contribution in [1.82, 2.24) is 5.32 Å². The van der Waals surface area contributed by atoms with Gasteiger partial charge in [0.1, 0.15) is 11.8 Å². The summed E-state index contributed by atoms with van der Waals surface area (Å²) >= 11 is 3.07. The number of carboxylic acid groups (broad SMARTS) is 1. The Labute approximate surface area is 111 Å². The van der Waals surface area contributed by atoms with Gasteiger partial charge in [-0.25, -0.2) is 4.79 Å². The van der Waals surface area contributed by atoms with E-state index in [1.54, 1.807) is 0 Å². The van der Waals surface area contributed by atoms with Crippen LogP contribution in [0.3, 0.4) is 0 Å².